The first-order chi connectivity index (χ1) is 8.22. The molecular formula is C12H14N4O. The fourth-order valence-corrected chi connectivity index (χ4v) is 1.59. The van der Waals surface area contributed by atoms with Crippen LogP contribution in [0.1, 0.15) is 16.1 Å². The number of nitrogens with one attached hydrogen (secondary N) is 1. The van der Waals surface area contributed by atoms with Crippen molar-refractivity contribution in [3.8, 4) is 0 Å². The van der Waals surface area contributed by atoms with Crippen molar-refractivity contribution in [2.45, 2.75) is 6.54 Å². The molecule has 0 aliphatic carbocycles. The number of hydrogen-bond acceptors (Lipinski definition) is 3. The topological polar surface area (TPSA) is 72.9 Å². The summed E-state index contributed by atoms with van der Waals surface area (Å²) in [6.45, 7) is 0.608. The van der Waals surface area contributed by atoms with Crippen LogP contribution in [0.4, 0.5) is 5.82 Å². The Balaban J connectivity index is 2.24. The average Bonchev–Trinajstić information content (AvgIpc) is 2.72. The molecule has 17 heavy (non-hydrogen) atoms. The predicted octanol–water partition coefficient (Wildman–Crippen LogP) is 0.873. The lowest BCUT2D eigenvalue weighted by molar-refractivity contribution is 0.0959. The Morgan fingerprint density at radius 3 is 2.76 bits per heavy atom. The molecule has 5 heteroatoms. The van der Waals surface area contributed by atoms with Gasteiger partial charge >= 0.3 is 0 Å². The lowest BCUT2D eigenvalue weighted by Crippen LogP contribution is -2.20. The zero-order valence-electron chi connectivity index (χ0n) is 9.55. The molecule has 0 spiro atoms. The van der Waals surface area contributed by atoms with Crippen LogP contribution in [0.3, 0.4) is 0 Å². The summed E-state index contributed by atoms with van der Waals surface area (Å²) in [6, 6.07) is 9.87. The van der Waals surface area contributed by atoms with Crippen LogP contribution in [0, 0.1) is 0 Å². The number of amides is 1. The van der Waals surface area contributed by atoms with Gasteiger partial charge in [-0.1, -0.05) is 30.3 Å². The highest BCUT2D eigenvalue weighted by Gasteiger charge is 2.13. The zero-order valence-corrected chi connectivity index (χ0v) is 9.55. The fraction of sp³-hybridized carbons (Fsp3) is 0.167. The summed E-state index contributed by atoms with van der Waals surface area (Å²) in [7, 11) is 1.55. The third-order valence-electron chi connectivity index (χ3n) is 2.52. The molecule has 1 aromatic heterocycles. The van der Waals surface area contributed by atoms with Gasteiger partial charge in [-0.25, -0.2) is 4.98 Å². The number of aromatic nitrogens is 2. The molecule has 0 aliphatic heterocycles. The molecule has 0 bridgehead atoms. The van der Waals surface area contributed by atoms with Crippen molar-refractivity contribution in [3.63, 3.8) is 0 Å². The molecule has 2 rings (SSSR count). The van der Waals surface area contributed by atoms with E-state index in [-0.39, 0.29) is 11.6 Å². The van der Waals surface area contributed by atoms with Gasteiger partial charge in [-0.2, -0.15) is 0 Å². The maximum absolute atomic E-state index is 11.4. The summed E-state index contributed by atoms with van der Waals surface area (Å²) in [5.74, 6) is 0.113. The standard InChI is InChI=1S/C12H14N4O/c1-14-12(17)10-11(13)16(8-15-10)7-9-5-3-2-4-6-9/h2-6,8H,7,13H2,1H3,(H,14,17). The lowest BCUT2D eigenvalue weighted by Gasteiger charge is -2.05. The molecule has 5 nitrogen and oxygen atoms in total. The number of imidazole rings is 1. The summed E-state index contributed by atoms with van der Waals surface area (Å²) in [6.07, 6.45) is 1.58. The summed E-state index contributed by atoms with van der Waals surface area (Å²) in [4.78, 5) is 15.4. The van der Waals surface area contributed by atoms with E-state index < -0.39 is 0 Å². The van der Waals surface area contributed by atoms with Gasteiger partial charge in [-0.3, -0.25) is 4.79 Å². The van der Waals surface area contributed by atoms with Crippen molar-refractivity contribution >= 4 is 11.7 Å². The molecule has 0 radical (unpaired) electrons. The number of rotatable bonds is 3. The first-order valence-corrected chi connectivity index (χ1v) is 5.29. The summed E-state index contributed by atoms with van der Waals surface area (Å²) < 4.78 is 1.75. The number of hydrogen-bond donors (Lipinski definition) is 2. The normalized spacial score (nSPS) is 10.2. The van der Waals surface area contributed by atoms with Crippen LogP contribution in [-0.4, -0.2) is 22.5 Å². The molecular weight excluding hydrogens is 216 g/mol. The van der Waals surface area contributed by atoms with Crippen molar-refractivity contribution in [2.75, 3.05) is 12.8 Å². The number of carbonyl (C=O) groups is 1. The van der Waals surface area contributed by atoms with Crippen LogP contribution in [0.25, 0.3) is 0 Å². The second-order valence-electron chi connectivity index (χ2n) is 3.67. The average molecular weight is 230 g/mol. The van der Waals surface area contributed by atoms with Gasteiger partial charge < -0.3 is 15.6 Å². The maximum atomic E-state index is 11.4. The summed E-state index contributed by atoms with van der Waals surface area (Å²) >= 11 is 0. The lowest BCUT2D eigenvalue weighted by atomic mass is 10.2. The van der Waals surface area contributed by atoms with E-state index in [9.17, 15) is 4.79 Å². The van der Waals surface area contributed by atoms with Crippen molar-refractivity contribution in [2.24, 2.45) is 0 Å². The van der Waals surface area contributed by atoms with E-state index in [4.69, 9.17) is 5.73 Å². The van der Waals surface area contributed by atoms with Gasteiger partial charge in [0.2, 0.25) is 0 Å². The zero-order chi connectivity index (χ0) is 12.3. The molecule has 1 aromatic carbocycles. The Bertz CT molecular complexity index is 519. The van der Waals surface area contributed by atoms with Crippen molar-refractivity contribution in [1.29, 1.82) is 0 Å². The molecule has 2 aromatic rings. The first-order valence-electron chi connectivity index (χ1n) is 5.29. The van der Waals surface area contributed by atoms with Crippen molar-refractivity contribution in [1.82, 2.24) is 14.9 Å². The molecule has 0 atom stereocenters. The van der Waals surface area contributed by atoms with Gasteiger partial charge in [0.1, 0.15) is 5.82 Å². The Morgan fingerprint density at radius 1 is 1.41 bits per heavy atom. The Labute approximate surface area is 99.3 Å². The van der Waals surface area contributed by atoms with Gasteiger partial charge in [0, 0.05) is 7.05 Å². The second-order valence-corrected chi connectivity index (χ2v) is 3.67. The molecule has 0 fully saturated rings. The number of anilines is 1. The minimum Gasteiger partial charge on any atom is -0.383 e. The van der Waals surface area contributed by atoms with Gasteiger partial charge in [-0.05, 0) is 5.56 Å². The van der Waals surface area contributed by atoms with Crippen LogP contribution in [0.5, 0.6) is 0 Å². The fourth-order valence-electron chi connectivity index (χ4n) is 1.59. The van der Waals surface area contributed by atoms with Crippen molar-refractivity contribution < 1.29 is 4.79 Å². The van der Waals surface area contributed by atoms with Gasteiger partial charge in [-0.15, -0.1) is 0 Å². The van der Waals surface area contributed by atoms with Crippen LogP contribution in [0.2, 0.25) is 0 Å². The first kappa shape index (κ1) is 11.2. The van der Waals surface area contributed by atoms with Crippen molar-refractivity contribution in [3.05, 3.63) is 47.9 Å². The summed E-state index contributed by atoms with van der Waals surface area (Å²) in [5, 5.41) is 2.50. The minimum atomic E-state index is -0.269. The highest BCUT2D eigenvalue weighted by atomic mass is 16.1. The number of nitrogen functional groups attached to an aromatic ring is 1. The largest absolute Gasteiger partial charge is 0.383 e. The number of benzene rings is 1. The number of nitrogens with two attached hydrogens (primary N) is 1. The molecule has 88 valence electrons. The van der Waals surface area contributed by atoms with E-state index in [1.54, 1.807) is 17.9 Å². The smallest absolute Gasteiger partial charge is 0.273 e. The molecule has 3 N–H and O–H groups in total. The Morgan fingerprint density at radius 2 is 2.12 bits per heavy atom. The quantitative estimate of drug-likeness (QED) is 0.821. The third kappa shape index (κ3) is 2.28. The van der Waals surface area contributed by atoms with E-state index in [1.807, 2.05) is 30.3 Å². The minimum absolute atomic E-state index is 0.267. The number of carbonyl (C=O) groups excluding carboxylic acids is 1. The predicted molar refractivity (Wildman–Crippen MR) is 65.6 cm³/mol. The maximum Gasteiger partial charge on any atom is 0.273 e. The van der Waals surface area contributed by atoms with Gasteiger partial charge in [0.25, 0.3) is 5.91 Å². The molecule has 0 saturated heterocycles. The molecule has 0 unspecified atom stereocenters. The SMILES string of the molecule is CNC(=O)c1ncn(Cc2ccccc2)c1N. The van der Waals surface area contributed by atoms with E-state index in [0.717, 1.165) is 5.56 Å². The molecule has 0 saturated carbocycles. The monoisotopic (exact) mass is 230 g/mol. The van der Waals surface area contributed by atoms with Gasteiger partial charge in [0.05, 0.1) is 12.9 Å². The second kappa shape index (κ2) is 4.69. The Kier molecular flexibility index (Phi) is 3.09. The van der Waals surface area contributed by atoms with E-state index in [1.165, 1.54) is 0 Å². The number of nitrogens with zero attached hydrogens (tertiary/aromatic N) is 2. The molecule has 1 amide bonds. The van der Waals surface area contributed by atoms with E-state index in [2.05, 4.69) is 10.3 Å². The highest BCUT2D eigenvalue weighted by Crippen LogP contribution is 2.12. The van der Waals surface area contributed by atoms with E-state index in [0.29, 0.717) is 12.4 Å². The third-order valence-corrected chi connectivity index (χ3v) is 2.52. The summed E-state index contributed by atoms with van der Waals surface area (Å²) in [5.41, 5.74) is 7.25. The van der Waals surface area contributed by atoms with Crippen LogP contribution in [-0.2, 0) is 6.54 Å². The van der Waals surface area contributed by atoms with Gasteiger partial charge in [0.15, 0.2) is 5.69 Å². The molecule has 0 aliphatic rings. The highest BCUT2D eigenvalue weighted by molar-refractivity contribution is 5.96. The van der Waals surface area contributed by atoms with Crippen LogP contribution < -0.4 is 11.1 Å². The Hall–Kier alpha value is -2.30. The molecule has 1 heterocycles. The van der Waals surface area contributed by atoms with E-state index >= 15 is 0 Å². The van der Waals surface area contributed by atoms with Crippen LogP contribution >= 0.6 is 0 Å². The van der Waals surface area contributed by atoms with Crippen LogP contribution in [0.15, 0.2) is 36.7 Å².